The topological polar surface area (TPSA) is 90.5 Å². The van der Waals surface area contributed by atoms with Crippen LogP contribution in [0.15, 0.2) is 34.9 Å². The number of rotatable bonds is 3. The zero-order valence-corrected chi connectivity index (χ0v) is 16.4. The summed E-state index contributed by atoms with van der Waals surface area (Å²) in [5.41, 5.74) is 1.18. The SMILES string of the molecule is N#CC1=C2SCN(C3CCCCC3)CN2C(=O)C[C@H]1c1cccc([N+](=O)[O-])c1. The standard InChI is InChI=1S/C20H22N4O3S/c21-11-18-17(14-5-4-8-16(9-14)24(26)27)10-19(25)23-12-22(13-28-20(18)23)15-6-2-1-3-7-15/h4-5,8-9,15,17H,1-3,6-7,10,12-13H2/t17-/m0/s1. The third-order valence-electron chi connectivity index (χ3n) is 5.89. The number of hydrogen-bond donors (Lipinski definition) is 0. The fourth-order valence-electron chi connectivity index (χ4n) is 4.39. The maximum Gasteiger partial charge on any atom is 0.269 e. The smallest absolute Gasteiger partial charge is 0.269 e. The van der Waals surface area contributed by atoms with Crippen molar-refractivity contribution in [2.24, 2.45) is 0 Å². The first-order valence-electron chi connectivity index (χ1n) is 9.64. The van der Waals surface area contributed by atoms with Crippen molar-refractivity contribution in [3.8, 4) is 6.07 Å². The minimum Gasteiger partial charge on any atom is -0.292 e. The van der Waals surface area contributed by atoms with Crippen LogP contribution in [0.2, 0.25) is 0 Å². The molecular weight excluding hydrogens is 376 g/mol. The number of nitrogens with zero attached hydrogens (tertiary/aromatic N) is 4. The number of non-ortho nitro benzene ring substituents is 1. The number of allylic oxidation sites excluding steroid dienone is 1. The number of amides is 1. The molecule has 4 rings (SSSR count). The molecule has 1 aromatic carbocycles. The van der Waals surface area contributed by atoms with Gasteiger partial charge in [-0.1, -0.05) is 43.2 Å². The van der Waals surface area contributed by atoms with Gasteiger partial charge >= 0.3 is 0 Å². The molecule has 146 valence electrons. The summed E-state index contributed by atoms with van der Waals surface area (Å²) in [7, 11) is 0. The molecule has 28 heavy (non-hydrogen) atoms. The Balaban J connectivity index is 1.62. The number of fused-ring (bicyclic) bond motifs is 1. The van der Waals surface area contributed by atoms with Crippen molar-refractivity contribution in [2.75, 3.05) is 12.5 Å². The molecule has 2 aliphatic heterocycles. The van der Waals surface area contributed by atoms with Crippen molar-refractivity contribution in [3.05, 3.63) is 50.5 Å². The Labute approximate surface area is 168 Å². The molecule has 2 fully saturated rings. The van der Waals surface area contributed by atoms with Crippen molar-refractivity contribution in [2.45, 2.75) is 50.5 Å². The first kappa shape index (κ1) is 19.0. The summed E-state index contributed by atoms with van der Waals surface area (Å²) in [5, 5.41) is 21.7. The molecule has 0 aromatic heterocycles. The lowest BCUT2D eigenvalue weighted by Gasteiger charge is -2.44. The average Bonchev–Trinajstić information content (AvgIpc) is 2.74. The molecule has 0 radical (unpaired) electrons. The predicted octanol–water partition coefficient (Wildman–Crippen LogP) is 3.94. The average molecular weight is 398 g/mol. The molecule has 7 nitrogen and oxygen atoms in total. The summed E-state index contributed by atoms with van der Waals surface area (Å²) >= 11 is 1.55. The van der Waals surface area contributed by atoms with Gasteiger partial charge in [-0.25, -0.2) is 0 Å². The minimum atomic E-state index is -0.447. The van der Waals surface area contributed by atoms with E-state index in [0.29, 0.717) is 23.8 Å². The maximum atomic E-state index is 12.9. The zero-order chi connectivity index (χ0) is 19.7. The van der Waals surface area contributed by atoms with Crippen LogP contribution in [0.25, 0.3) is 0 Å². The number of nitro groups is 1. The van der Waals surface area contributed by atoms with Crippen LogP contribution in [0.3, 0.4) is 0 Å². The second kappa shape index (κ2) is 7.94. The van der Waals surface area contributed by atoms with E-state index < -0.39 is 10.8 Å². The van der Waals surface area contributed by atoms with Crippen LogP contribution in [-0.4, -0.2) is 39.2 Å². The molecule has 1 saturated heterocycles. The Morgan fingerprint density at radius 2 is 2.04 bits per heavy atom. The summed E-state index contributed by atoms with van der Waals surface area (Å²) in [6.45, 7) is 0.540. The van der Waals surface area contributed by atoms with E-state index >= 15 is 0 Å². The van der Waals surface area contributed by atoms with Crippen LogP contribution in [0.1, 0.15) is 50.0 Å². The number of thioether (sulfide) groups is 1. The van der Waals surface area contributed by atoms with Gasteiger partial charge in [0.05, 0.1) is 34.1 Å². The third-order valence-corrected chi connectivity index (χ3v) is 7.06. The van der Waals surface area contributed by atoms with Gasteiger partial charge in [-0.3, -0.25) is 24.7 Å². The first-order chi connectivity index (χ1) is 13.6. The molecule has 2 heterocycles. The van der Waals surface area contributed by atoms with Crippen LogP contribution in [-0.2, 0) is 4.79 Å². The summed E-state index contributed by atoms with van der Waals surface area (Å²) in [6, 6.07) is 9.09. The van der Waals surface area contributed by atoms with E-state index in [1.54, 1.807) is 28.8 Å². The summed E-state index contributed by atoms with van der Waals surface area (Å²) in [4.78, 5) is 27.7. The zero-order valence-electron chi connectivity index (χ0n) is 15.5. The van der Waals surface area contributed by atoms with Gasteiger partial charge in [-0.15, -0.1) is 0 Å². The van der Waals surface area contributed by atoms with Gasteiger partial charge in [0.1, 0.15) is 0 Å². The van der Waals surface area contributed by atoms with Gasteiger partial charge in [0.2, 0.25) is 5.91 Å². The Morgan fingerprint density at radius 3 is 2.75 bits per heavy atom. The van der Waals surface area contributed by atoms with E-state index in [4.69, 9.17) is 0 Å². The van der Waals surface area contributed by atoms with Crippen molar-refractivity contribution >= 4 is 23.4 Å². The van der Waals surface area contributed by atoms with Gasteiger partial charge in [0, 0.05) is 30.5 Å². The highest BCUT2D eigenvalue weighted by molar-refractivity contribution is 8.03. The molecule has 3 aliphatic rings. The lowest BCUT2D eigenvalue weighted by molar-refractivity contribution is -0.384. The van der Waals surface area contributed by atoms with Crippen LogP contribution in [0, 0.1) is 21.4 Å². The monoisotopic (exact) mass is 398 g/mol. The Bertz CT molecular complexity index is 872. The van der Waals surface area contributed by atoms with Crippen molar-refractivity contribution in [3.63, 3.8) is 0 Å². The number of nitriles is 1. The van der Waals surface area contributed by atoms with E-state index in [2.05, 4.69) is 11.0 Å². The predicted molar refractivity (Wildman–Crippen MR) is 106 cm³/mol. The van der Waals surface area contributed by atoms with Crippen molar-refractivity contribution < 1.29 is 9.72 Å². The molecule has 1 atom stereocenters. The molecule has 1 aliphatic carbocycles. The number of benzene rings is 1. The molecule has 1 aromatic rings. The fraction of sp³-hybridized carbons (Fsp3) is 0.500. The van der Waals surface area contributed by atoms with Gasteiger partial charge in [0.25, 0.3) is 5.69 Å². The van der Waals surface area contributed by atoms with E-state index in [1.807, 2.05) is 0 Å². The lowest BCUT2D eigenvalue weighted by Crippen LogP contribution is -2.51. The van der Waals surface area contributed by atoms with Gasteiger partial charge in [-0.2, -0.15) is 5.26 Å². The maximum absolute atomic E-state index is 12.9. The van der Waals surface area contributed by atoms with Crippen LogP contribution >= 0.6 is 11.8 Å². The largest absolute Gasteiger partial charge is 0.292 e. The second-order valence-electron chi connectivity index (χ2n) is 7.56. The normalized spacial score (nSPS) is 24.0. The molecule has 0 bridgehead atoms. The summed E-state index contributed by atoms with van der Waals surface area (Å²) in [6.07, 6.45) is 6.27. The van der Waals surface area contributed by atoms with Gasteiger partial charge in [0.15, 0.2) is 0 Å². The van der Waals surface area contributed by atoms with Gasteiger partial charge < -0.3 is 0 Å². The number of nitro benzene ring substituents is 1. The van der Waals surface area contributed by atoms with Gasteiger partial charge in [-0.05, 0) is 18.4 Å². The van der Waals surface area contributed by atoms with Crippen LogP contribution in [0.5, 0.6) is 0 Å². The summed E-state index contributed by atoms with van der Waals surface area (Å²) < 4.78 is 0. The Kier molecular flexibility index (Phi) is 5.38. The van der Waals surface area contributed by atoms with E-state index in [0.717, 1.165) is 10.9 Å². The van der Waals surface area contributed by atoms with Crippen LogP contribution in [0.4, 0.5) is 5.69 Å². The highest BCUT2D eigenvalue weighted by atomic mass is 32.2. The quantitative estimate of drug-likeness (QED) is 0.566. The molecule has 0 spiro atoms. The van der Waals surface area contributed by atoms with Crippen molar-refractivity contribution in [1.82, 2.24) is 9.80 Å². The first-order valence-corrected chi connectivity index (χ1v) is 10.6. The number of hydrogen-bond acceptors (Lipinski definition) is 6. The third kappa shape index (κ3) is 3.52. The van der Waals surface area contributed by atoms with Crippen LogP contribution < -0.4 is 0 Å². The molecule has 0 N–H and O–H groups in total. The molecule has 1 saturated carbocycles. The number of carbonyl (C=O) groups excluding carboxylic acids is 1. The van der Waals surface area contributed by atoms with E-state index in [1.165, 1.54) is 44.2 Å². The highest BCUT2D eigenvalue weighted by Crippen LogP contribution is 2.43. The Hall–Kier alpha value is -2.37. The van der Waals surface area contributed by atoms with Crippen molar-refractivity contribution in [1.29, 1.82) is 5.26 Å². The Morgan fingerprint density at radius 1 is 1.25 bits per heavy atom. The second-order valence-corrected chi connectivity index (χ2v) is 8.49. The fourth-order valence-corrected chi connectivity index (χ4v) is 5.63. The highest BCUT2D eigenvalue weighted by Gasteiger charge is 2.39. The lowest BCUT2D eigenvalue weighted by atomic mass is 9.86. The number of carbonyl (C=O) groups is 1. The van der Waals surface area contributed by atoms with E-state index in [9.17, 15) is 20.2 Å². The molecule has 8 heteroatoms. The molecule has 0 unspecified atom stereocenters. The summed E-state index contributed by atoms with van der Waals surface area (Å²) in [5.74, 6) is 0.340. The molecular formula is C20H22N4O3S. The molecule has 1 amide bonds. The minimum absolute atomic E-state index is 0.0153. The van der Waals surface area contributed by atoms with E-state index in [-0.39, 0.29) is 18.0 Å².